The number of carboxylic acids is 1. The van der Waals surface area contributed by atoms with Crippen LogP contribution < -0.4 is 5.32 Å². The van der Waals surface area contributed by atoms with E-state index in [4.69, 9.17) is 21.2 Å². The van der Waals surface area contributed by atoms with Gasteiger partial charge in [-0.15, -0.1) is 12.4 Å². The van der Waals surface area contributed by atoms with Crippen molar-refractivity contribution < 1.29 is 14.4 Å². The maximum atomic E-state index is 10.6. The number of carboxylic acid groups (broad SMARTS) is 1. The fraction of sp³-hybridized carbons (Fsp3) is 0.286. The van der Waals surface area contributed by atoms with E-state index in [1.807, 2.05) is 18.2 Å². The first-order chi connectivity index (χ1) is 13.2. The van der Waals surface area contributed by atoms with Gasteiger partial charge in [0.1, 0.15) is 0 Å². The molecule has 0 saturated heterocycles. The fourth-order valence-electron chi connectivity index (χ4n) is 2.73. The van der Waals surface area contributed by atoms with Crippen molar-refractivity contribution in [2.45, 2.75) is 32.7 Å². The van der Waals surface area contributed by atoms with E-state index in [1.165, 1.54) is 5.56 Å². The Hall–Kier alpha value is -2.41. The minimum atomic E-state index is -0.905. The van der Waals surface area contributed by atoms with Crippen LogP contribution in [-0.2, 0) is 16.8 Å². The van der Waals surface area contributed by atoms with Crippen LogP contribution in [0.4, 0.5) is 0 Å². The molecule has 6 nitrogen and oxygen atoms in total. The average Bonchev–Trinajstić information content (AvgIpc) is 3.11. The summed E-state index contributed by atoms with van der Waals surface area (Å²) in [4.78, 5) is 15.0. The lowest BCUT2D eigenvalue weighted by atomic mass is 9.87. The zero-order valence-corrected chi connectivity index (χ0v) is 18.0. The van der Waals surface area contributed by atoms with Crippen molar-refractivity contribution in [2.75, 3.05) is 6.54 Å². The highest BCUT2D eigenvalue weighted by Gasteiger charge is 2.16. The lowest BCUT2D eigenvalue weighted by molar-refractivity contribution is -0.135. The van der Waals surface area contributed by atoms with Crippen LogP contribution in [0, 0.1) is 0 Å². The molecular formula is C21H23Cl2N3O3. The second kappa shape index (κ2) is 9.39. The molecular weight excluding hydrogens is 413 g/mol. The Morgan fingerprint density at radius 2 is 1.86 bits per heavy atom. The second-order valence-corrected chi connectivity index (χ2v) is 7.97. The van der Waals surface area contributed by atoms with Gasteiger partial charge in [-0.3, -0.25) is 4.79 Å². The zero-order chi connectivity index (χ0) is 20.3. The van der Waals surface area contributed by atoms with Crippen LogP contribution in [0.15, 0.2) is 47.0 Å². The van der Waals surface area contributed by atoms with Crippen molar-refractivity contribution >= 4 is 30.0 Å². The Morgan fingerprint density at radius 1 is 1.17 bits per heavy atom. The van der Waals surface area contributed by atoms with Gasteiger partial charge in [0, 0.05) is 17.7 Å². The van der Waals surface area contributed by atoms with Crippen molar-refractivity contribution in [3.63, 3.8) is 0 Å². The van der Waals surface area contributed by atoms with Crippen molar-refractivity contribution in [3.8, 4) is 22.8 Å². The van der Waals surface area contributed by atoms with E-state index in [9.17, 15) is 4.79 Å². The molecule has 0 saturated carbocycles. The minimum absolute atomic E-state index is 0. The second-order valence-electron chi connectivity index (χ2n) is 7.56. The number of aromatic nitrogens is 2. The number of hydrogen-bond acceptors (Lipinski definition) is 5. The highest BCUT2D eigenvalue weighted by molar-refractivity contribution is 6.33. The largest absolute Gasteiger partial charge is 0.480 e. The van der Waals surface area contributed by atoms with E-state index >= 15 is 0 Å². The van der Waals surface area contributed by atoms with Crippen LogP contribution in [0.3, 0.4) is 0 Å². The van der Waals surface area contributed by atoms with Gasteiger partial charge in [-0.1, -0.05) is 55.7 Å². The molecule has 29 heavy (non-hydrogen) atoms. The number of nitrogens with one attached hydrogen (secondary N) is 1. The standard InChI is InChI=1S/C21H22ClN3O3.ClH/c1-21(2,3)15-7-5-14(6-8-15)20-24-19(25-28-20)16-9-4-13(10-17(16)22)11-23-12-18(26)27;/h4-10,23H,11-12H2,1-3H3,(H,26,27);1H. The first-order valence-corrected chi connectivity index (χ1v) is 9.28. The predicted octanol–water partition coefficient (Wildman–Crippen LogP) is 4.95. The molecule has 0 aliphatic heterocycles. The summed E-state index contributed by atoms with van der Waals surface area (Å²) in [5.74, 6) is -0.0683. The van der Waals surface area contributed by atoms with Gasteiger partial charge in [-0.05, 0) is 40.8 Å². The maximum absolute atomic E-state index is 10.6. The topological polar surface area (TPSA) is 88.2 Å². The Balaban J connectivity index is 0.00000300. The first-order valence-electron chi connectivity index (χ1n) is 8.90. The molecule has 0 unspecified atom stereocenters. The number of aliphatic carboxylic acids is 1. The van der Waals surface area contributed by atoms with Gasteiger partial charge in [-0.25, -0.2) is 0 Å². The van der Waals surface area contributed by atoms with Gasteiger partial charge in [0.2, 0.25) is 5.82 Å². The highest BCUT2D eigenvalue weighted by Crippen LogP contribution is 2.30. The van der Waals surface area contributed by atoms with Crippen molar-refractivity contribution in [2.24, 2.45) is 0 Å². The molecule has 0 radical (unpaired) electrons. The van der Waals surface area contributed by atoms with Crippen LogP contribution in [0.25, 0.3) is 22.8 Å². The molecule has 2 N–H and O–H groups in total. The van der Waals surface area contributed by atoms with Crippen LogP contribution in [0.1, 0.15) is 31.9 Å². The zero-order valence-electron chi connectivity index (χ0n) is 16.4. The van der Waals surface area contributed by atoms with E-state index < -0.39 is 5.97 Å². The molecule has 0 aliphatic rings. The lowest BCUT2D eigenvalue weighted by Gasteiger charge is -2.18. The van der Waals surface area contributed by atoms with Gasteiger partial charge in [0.15, 0.2) is 0 Å². The Labute approximate surface area is 180 Å². The summed E-state index contributed by atoms with van der Waals surface area (Å²) >= 11 is 6.37. The minimum Gasteiger partial charge on any atom is -0.480 e. The number of benzene rings is 2. The molecule has 0 fully saturated rings. The van der Waals surface area contributed by atoms with Gasteiger partial charge in [0.25, 0.3) is 5.89 Å². The molecule has 0 atom stereocenters. The predicted molar refractivity (Wildman–Crippen MR) is 115 cm³/mol. The van der Waals surface area contributed by atoms with Crippen LogP contribution in [0.2, 0.25) is 5.02 Å². The average molecular weight is 436 g/mol. The van der Waals surface area contributed by atoms with E-state index in [1.54, 1.807) is 12.1 Å². The monoisotopic (exact) mass is 435 g/mol. The molecule has 0 spiro atoms. The summed E-state index contributed by atoms with van der Waals surface area (Å²) in [5, 5.41) is 16.0. The molecule has 2 aromatic carbocycles. The maximum Gasteiger partial charge on any atom is 0.317 e. The molecule has 0 bridgehead atoms. The molecule has 0 amide bonds. The quantitative estimate of drug-likeness (QED) is 0.569. The highest BCUT2D eigenvalue weighted by atomic mass is 35.5. The third-order valence-electron chi connectivity index (χ3n) is 4.30. The SMILES string of the molecule is CC(C)(C)c1ccc(-c2nc(-c3ccc(CNCC(=O)O)cc3Cl)no2)cc1.Cl. The number of rotatable bonds is 6. The number of hydrogen-bond donors (Lipinski definition) is 2. The number of carbonyl (C=O) groups is 1. The normalized spacial score (nSPS) is 11.2. The van der Waals surface area contributed by atoms with E-state index in [0.29, 0.717) is 28.8 Å². The molecule has 8 heteroatoms. The molecule has 3 rings (SSSR count). The van der Waals surface area contributed by atoms with Crippen LogP contribution in [-0.4, -0.2) is 27.8 Å². The van der Waals surface area contributed by atoms with Crippen LogP contribution in [0.5, 0.6) is 0 Å². The molecule has 0 aliphatic carbocycles. The lowest BCUT2D eigenvalue weighted by Crippen LogP contribution is -2.21. The molecule has 1 heterocycles. The number of nitrogens with zero attached hydrogens (tertiary/aromatic N) is 2. The van der Waals surface area contributed by atoms with Gasteiger partial charge >= 0.3 is 5.97 Å². The van der Waals surface area contributed by atoms with Gasteiger partial charge in [-0.2, -0.15) is 4.98 Å². The smallest absolute Gasteiger partial charge is 0.317 e. The molecule has 3 aromatic rings. The summed E-state index contributed by atoms with van der Waals surface area (Å²) in [6.45, 7) is 6.78. The van der Waals surface area contributed by atoms with E-state index in [0.717, 1.165) is 11.1 Å². The Morgan fingerprint density at radius 3 is 2.45 bits per heavy atom. The van der Waals surface area contributed by atoms with Crippen LogP contribution >= 0.6 is 24.0 Å². The Bertz CT molecular complexity index is 980. The molecule has 154 valence electrons. The summed E-state index contributed by atoms with van der Waals surface area (Å²) < 4.78 is 5.41. The van der Waals surface area contributed by atoms with Gasteiger partial charge in [0.05, 0.1) is 11.6 Å². The summed E-state index contributed by atoms with van der Waals surface area (Å²) in [6, 6.07) is 13.5. The fourth-order valence-corrected chi connectivity index (χ4v) is 3.01. The van der Waals surface area contributed by atoms with Crippen molar-refractivity contribution in [1.82, 2.24) is 15.5 Å². The van der Waals surface area contributed by atoms with Crippen molar-refractivity contribution in [3.05, 3.63) is 58.6 Å². The van der Waals surface area contributed by atoms with E-state index in [-0.39, 0.29) is 24.4 Å². The first kappa shape index (κ1) is 22.9. The third kappa shape index (κ3) is 5.79. The van der Waals surface area contributed by atoms with Crippen molar-refractivity contribution in [1.29, 1.82) is 0 Å². The van der Waals surface area contributed by atoms with Gasteiger partial charge < -0.3 is 14.9 Å². The Kier molecular flexibility index (Phi) is 7.41. The third-order valence-corrected chi connectivity index (χ3v) is 4.62. The number of halogens is 2. The summed E-state index contributed by atoms with van der Waals surface area (Å²) in [6.07, 6.45) is 0. The molecule has 1 aromatic heterocycles. The summed E-state index contributed by atoms with van der Waals surface area (Å²) in [5.41, 5.74) is 3.68. The summed E-state index contributed by atoms with van der Waals surface area (Å²) in [7, 11) is 0. The van der Waals surface area contributed by atoms with E-state index in [2.05, 4.69) is 48.4 Å².